The fourth-order valence-electron chi connectivity index (χ4n) is 1.66. The summed E-state index contributed by atoms with van der Waals surface area (Å²) >= 11 is 0. The minimum Gasteiger partial charge on any atom is -0.481 e. The summed E-state index contributed by atoms with van der Waals surface area (Å²) in [5, 5.41) is 9.01. The van der Waals surface area contributed by atoms with Crippen LogP contribution in [0.2, 0.25) is 0 Å². The molecule has 0 aliphatic heterocycles. The second-order valence-corrected chi connectivity index (χ2v) is 4.09. The maximum absolute atomic E-state index is 10.9. The van der Waals surface area contributed by atoms with E-state index in [0.717, 1.165) is 24.1 Å². The lowest BCUT2D eigenvalue weighted by Crippen LogP contribution is -2.18. The first-order valence-corrected chi connectivity index (χ1v) is 4.77. The molecule has 1 aromatic rings. The highest BCUT2D eigenvalue weighted by atomic mass is 16.4. The number of carboxylic acid groups (broad SMARTS) is 1. The molecule has 0 spiro atoms. The summed E-state index contributed by atoms with van der Waals surface area (Å²) in [6.45, 7) is 1.99. The van der Waals surface area contributed by atoms with E-state index >= 15 is 0 Å². The number of nitrogens with zero attached hydrogens (tertiary/aromatic N) is 1. The fourth-order valence-corrected chi connectivity index (χ4v) is 1.66. The molecule has 0 unspecified atom stereocenters. The van der Waals surface area contributed by atoms with Crippen LogP contribution in [0.15, 0.2) is 18.3 Å². The second kappa shape index (κ2) is 3.08. The predicted octanol–water partition coefficient (Wildman–Crippen LogP) is 1.80. The normalized spacial score (nSPS) is 17.8. The van der Waals surface area contributed by atoms with Crippen LogP contribution >= 0.6 is 0 Å². The standard InChI is InChI=1S/C11H13NO2/c1-8-2-5-12-9(6-8)7-11(3-4-11)10(13)14/h2,5-6H,3-4,7H2,1H3,(H,13,14). The zero-order valence-corrected chi connectivity index (χ0v) is 8.16. The van der Waals surface area contributed by atoms with E-state index in [1.165, 1.54) is 0 Å². The number of aryl methyl sites for hydroxylation is 1. The molecular formula is C11H13NO2. The van der Waals surface area contributed by atoms with Crippen molar-refractivity contribution in [2.75, 3.05) is 0 Å². The average Bonchev–Trinajstić information content (AvgIpc) is 2.85. The number of aliphatic carboxylic acids is 1. The molecule has 1 saturated carbocycles. The first-order valence-electron chi connectivity index (χ1n) is 4.77. The molecule has 1 fully saturated rings. The number of aromatic nitrogens is 1. The van der Waals surface area contributed by atoms with Gasteiger partial charge in [-0.25, -0.2) is 0 Å². The summed E-state index contributed by atoms with van der Waals surface area (Å²) in [7, 11) is 0. The van der Waals surface area contributed by atoms with Crippen LogP contribution < -0.4 is 0 Å². The highest BCUT2D eigenvalue weighted by Gasteiger charge is 2.50. The van der Waals surface area contributed by atoms with Gasteiger partial charge in [-0.15, -0.1) is 0 Å². The van der Waals surface area contributed by atoms with Crippen LogP contribution in [0.25, 0.3) is 0 Å². The summed E-state index contributed by atoms with van der Waals surface area (Å²) < 4.78 is 0. The predicted molar refractivity (Wildman–Crippen MR) is 52.0 cm³/mol. The minimum absolute atomic E-state index is 0.499. The molecule has 0 radical (unpaired) electrons. The molecule has 0 atom stereocenters. The Morgan fingerprint density at radius 2 is 2.36 bits per heavy atom. The summed E-state index contributed by atoms with van der Waals surface area (Å²) in [4.78, 5) is 15.1. The van der Waals surface area contributed by atoms with Gasteiger partial charge in [0.25, 0.3) is 0 Å². The Hall–Kier alpha value is -1.38. The van der Waals surface area contributed by atoms with Gasteiger partial charge in [0.05, 0.1) is 5.41 Å². The van der Waals surface area contributed by atoms with E-state index in [4.69, 9.17) is 5.11 Å². The van der Waals surface area contributed by atoms with Gasteiger partial charge in [0.2, 0.25) is 0 Å². The molecule has 1 aromatic heterocycles. The Kier molecular flexibility index (Phi) is 2.02. The lowest BCUT2D eigenvalue weighted by atomic mass is 9.99. The number of pyridine rings is 1. The van der Waals surface area contributed by atoms with Crippen LogP contribution in [0.4, 0.5) is 0 Å². The Morgan fingerprint density at radius 3 is 2.86 bits per heavy atom. The number of carboxylic acids is 1. The zero-order valence-electron chi connectivity index (χ0n) is 8.16. The van der Waals surface area contributed by atoms with Crippen LogP contribution in [0.1, 0.15) is 24.1 Å². The average molecular weight is 191 g/mol. The lowest BCUT2D eigenvalue weighted by Gasteiger charge is -2.08. The third-order valence-electron chi connectivity index (χ3n) is 2.80. The number of rotatable bonds is 3. The Bertz CT molecular complexity index is 369. The third-order valence-corrected chi connectivity index (χ3v) is 2.80. The highest BCUT2D eigenvalue weighted by molar-refractivity contribution is 5.78. The van der Waals surface area contributed by atoms with Crippen molar-refractivity contribution in [1.82, 2.24) is 4.98 Å². The van der Waals surface area contributed by atoms with Crippen molar-refractivity contribution >= 4 is 5.97 Å². The largest absolute Gasteiger partial charge is 0.481 e. The number of carbonyl (C=O) groups is 1. The molecule has 2 rings (SSSR count). The van der Waals surface area contributed by atoms with Gasteiger partial charge < -0.3 is 5.11 Å². The maximum Gasteiger partial charge on any atom is 0.310 e. The van der Waals surface area contributed by atoms with E-state index in [2.05, 4.69) is 4.98 Å². The molecule has 0 amide bonds. The number of hydrogen-bond donors (Lipinski definition) is 1. The van der Waals surface area contributed by atoms with Gasteiger partial charge >= 0.3 is 5.97 Å². The quantitative estimate of drug-likeness (QED) is 0.792. The molecular weight excluding hydrogens is 178 g/mol. The minimum atomic E-state index is -0.680. The lowest BCUT2D eigenvalue weighted by molar-refractivity contribution is -0.143. The van der Waals surface area contributed by atoms with Gasteiger partial charge in [0.1, 0.15) is 0 Å². The van der Waals surface area contributed by atoms with Crippen molar-refractivity contribution < 1.29 is 9.90 Å². The van der Waals surface area contributed by atoms with Gasteiger partial charge in [-0.05, 0) is 37.5 Å². The zero-order chi connectivity index (χ0) is 10.2. The molecule has 74 valence electrons. The molecule has 1 N–H and O–H groups in total. The molecule has 0 bridgehead atoms. The van der Waals surface area contributed by atoms with E-state index in [0.29, 0.717) is 6.42 Å². The molecule has 1 heterocycles. The first-order chi connectivity index (χ1) is 6.62. The molecule has 3 heteroatoms. The van der Waals surface area contributed by atoms with Crippen LogP contribution in [-0.4, -0.2) is 16.1 Å². The van der Waals surface area contributed by atoms with E-state index in [9.17, 15) is 4.79 Å². The van der Waals surface area contributed by atoms with E-state index in [-0.39, 0.29) is 0 Å². The molecule has 0 saturated heterocycles. The Balaban J connectivity index is 2.15. The topological polar surface area (TPSA) is 50.2 Å². The van der Waals surface area contributed by atoms with Gasteiger partial charge in [0.15, 0.2) is 0 Å². The van der Waals surface area contributed by atoms with Gasteiger partial charge in [-0.1, -0.05) is 0 Å². The summed E-state index contributed by atoms with van der Waals surface area (Å²) in [5.74, 6) is -0.680. The van der Waals surface area contributed by atoms with Crippen LogP contribution in [0, 0.1) is 12.3 Å². The highest BCUT2D eigenvalue weighted by Crippen LogP contribution is 2.48. The number of hydrogen-bond acceptors (Lipinski definition) is 2. The van der Waals surface area contributed by atoms with Crippen molar-refractivity contribution in [3.63, 3.8) is 0 Å². The molecule has 14 heavy (non-hydrogen) atoms. The first kappa shape index (κ1) is 9.19. The van der Waals surface area contributed by atoms with Crippen LogP contribution in [-0.2, 0) is 11.2 Å². The van der Waals surface area contributed by atoms with Crippen LogP contribution in [0.3, 0.4) is 0 Å². The monoisotopic (exact) mass is 191 g/mol. The molecule has 3 nitrogen and oxygen atoms in total. The van der Waals surface area contributed by atoms with Gasteiger partial charge in [0, 0.05) is 18.3 Å². The van der Waals surface area contributed by atoms with Crippen molar-refractivity contribution in [1.29, 1.82) is 0 Å². The second-order valence-electron chi connectivity index (χ2n) is 4.09. The summed E-state index contributed by atoms with van der Waals surface area (Å²) in [6.07, 6.45) is 3.89. The summed E-state index contributed by atoms with van der Waals surface area (Å²) in [6, 6.07) is 3.88. The van der Waals surface area contributed by atoms with E-state index < -0.39 is 11.4 Å². The third kappa shape index (κ3) is 1.62. The molecule has 1 aliphatic rings. The van der Waals surface area contributed by atoms with Crippen molar-refractivity contribution in [3.8, 4) is 0 Å². The Morgan fingerprint density at radius 1 is 1.64 bits per heavy atom. The molecule has 0 aromatic carbocycles. The van der Waals surface area contributed by atoms with Gasteiger partial charge in [-0.2, -0.15) is 0 Å². The van der Waals surface area contributed by atoms with Crippen molar-refractivity contribution in [2.24, 2.45) is 5.41 Å². The van der Waals surface area contributed by atoms with Crippen LogP contribution in [0.5, 0.6) is 0 Å². The van der Waals surface area contributed by atoms with Gasteiger partial charge in [-0.3, -0.25) is 9.78 Å². The Labute approximate surface area is 82.8 Å². The fraction of sp³-hybridized carbons (Fsp3) is 0.455. The van der Waals surface area contributed by atoms with Crippen molar-refractivity contribution in [2.45, 2.75) is 26.2 Å². The molecule has 1 aliphatic carbocycles. The van der Waals surface area contributed by atoms with E-state index in [1.807, 2.05) is 19.1 Å². The smallest absolute Gasteiger partial charge is 0.310 e. The SMILES string of the molecule is Cc1ccnc(CC2(C(=O)O)CC2)c1. The van der Waals surface area contributed by atoms with E-state index in [1.54, 1.807) is 6.20 Å². The summed E-state index contributed by atoms with van der Waals surface area (Å²) in [5.41, 5.74) is 1.53. The maximum atomic E-state index is 10.9. The van der Waals surface area contributed by atoms with Crippen molar-refractivity contribution in [3.05, 3.63) is 29.6 Å².